The molecule has 0 aromatic carbocycles. The Morgan fingerprint density at radius 1 is 1.06 bits per heavy atom. The van der Waals surface area contributed by atoms with E-state index in [9.17, 15) is 19.6 Å². The molecule has 0 radical (unpaired) electrons. The number of alkyl carbamates (subject to hydrolysis) is 1. The van der Waals surface area contributed by atoms with Gasteiger partial charge in [-0.2, -0.15) is 5.26 Å². The fraction of sp³-hybridized carbons (Fsp3) is 0.840. The molecule has 1 saturated heterocycles. The van der Waals surface area contributed by atoms with Crippen molar-refractivity contribution in [2.75, 3.05) is 13.1 Å². The van der Waals surface area contributed by atoms with Crippen molar-refractivity contribution in [2.45, 2.75) is 109 Å². The number of nitrogens with zero attached hydrogens (tertiary/aromatic N) is 3. The van der Waals surface area contributed by atoms with Crippen LogP contribution in [0.5, 0.6) is 0 Å². The van der Waals surface area contributed by atoms with Gasteiger partial charge in [0.2, 0.25) is 5.91 Å². The molecule has 34 heavy (non-hydrogen) atoms. The predicted molar refractivity (Wildman–Crippen MR) is 126 cm³/mol. The zero-order valence-corrected chi connectivity index (χ0v) is 21.4. The highest BCUT2D eigenvalue weighted by molar-refractivity contribution is 5.83. The van der Waals surface area contributed by atoms with Crippen molar-refractivity contribution in [3.63, 3.8) is 0 Å². The molecule has 3 amide bonds. The van der Waals surface area contributed by atoms with E-state index in [1.165, 1.54) is 0 Å². The first kappa shape index (κ1) is 26.1. The Morgan fingerprint density at radius 2 is 1.68 bits per heavy atom. The topological polar surface area (TPSA) is 112 Å². The molecule has 3 fully saturated rings. The minimum Gasteiger partial charge on any atom is -0.446 e. The van der Waals surface area contributed by atoms with Crippen LogP contribution in [0.4, 0.5) is 9.59 Å². The summed E-state index contributed by atoms with van der Waals surface area (Å²) >= 11 is 0. The Balaban J connectivity index is 1.63. The molecule has 0 spiro atoms. The average Bonchev–Trinajstić information content (AvgIpc) is 3.36. The molecule has 5 atom stereocenters. The van der Waals surface area contributed by atoms with Gasteiger partial charge in [-0.25, -0.2) is 9.59 Å². The van der Waals surface area contributed by atoms with Crippen LogP contribution in [0.25, 0.3) is 0 Å². The molecule has 9 heteroatoms. The molecule has 2 unspecified atom stereocenters. The standard InChI is InChI=1S/C25H40N4O5/c1-24(2,3)27-22(31)33-20-12-16-10-19(11-17(16)13-20)29(23(32)34-25(4,5)6)15-21(30)28-9-7-8-18(28)14-26/h16-20H,7-13,15H2,1-6H3,(H,27,31)/t16-,17+,18-,19?,20?/m0/s1. The maximum absolute atomic E-state index is 13.1. The Labute approximate surface area is 203 Å². The second-order valence-electron chi connectivity index (χ2n) is 12.0. The summed E-state index contributed by atoms with van der Waals surface area (Å²) in [5, 5.41) is 12.2. The number of hydrogen-bond donors (Lipinski definition) is 1. The molecule has 0 aromatic rings. The summed E-state index contributed by atoms with van der Waals surface area (Å²) in [6, 6.07) is 1.66. The summed E-state index contributed by atoms with van der Waals surface area (Å²) in [6.07, 6.45) is 3.48. The zero-order chi connectivity index (χ0) is 25.3. The number of hydrogen-bond acceptors (Lipinski definition) is 6. The minimum absolute atomic E-state index is 0.0783. The van der Waals surface area contributed by atoms with Gasteiger partial charge >= 0.3 is 12.2 Å². The molecule has 2 saturated carbocycles. The molecule has 3 aliphatic rings. The number of amides is 3. The normalized spacial score (nSPS) is 28.7. The Bertz CT molecular complexity index is 811. The van der Waals surface area contributed by atoms with E-state index in [2.05, 4.69) is 11.4 Å². The third-order valence-corrected chi connectivity index (χ3v) is 6.79. The van der Waals surface area contributed by atoms with Crippen molar-refractivity contribution in [1.29, 1.82) is 5.26 Å². The predicted octanol–water partition coefficient (Wildman–Crippen LogP) is 3.82. The van der Waals surface area contributed by atoms with Crippen molar-refractivity contribution in [1.82, 2.24) is 15.1 Å². The van der Waals surface area contributed by atoms with E-state index in [-0.39, 0.29) is 30.1 Å². The van der Waals surface area contributed by atoms with Gasteiger partial charge in [0.1, 0.15) is 24.3 Å². The van der Waals surface area contributed by atoms with Gasteiger partial charge in [-0.3, -0.25) is 9.69 Å². The number of carbonyl (C=O) groups is 3. The number of nitrogens with one attached hydrogen (secondary N) is 1. The number of rotatable bonds is 4. The molecule has 1 N–H and O–H groups in total. The second kappa shape index (κ2) is 10.0. The lowest BCUT2D eigenvalue weighted by Crippen LogP contribution is -2.49. The van der Waals surface area contributed by atoms with E-state index >= 15 is 0 Å². The van der Waals surface area contributed by atoms with E-state index in [1.807, 2.05) is 41.5 Å². The highest BCUT2D eigenvalue weighted by Gasteiger charge is 2.47. The fourth-order valence-corrected chi connectivity index (χ4v) is 5.47. The minimum atomic E-state index is -0.672. The molecule has 9 nitrogen and oxygen atoms in total. The summed E-state index contributed by atoms with van der Waals surface area (Å²) < 4.78 is 11.3. The summed E-state index contributed by atoms with van der Waals surface area (Å²) in [5.74, 6) is 0.458. The van der Waals surface area contributed by atoms with Crippen LogP contribution in [0.3, 0.4) is 0 Å². The molecular weight excluding hydrogens is 436 g/mol. The maximum atomic E-state index is 13.1. The van der Waals surface area contributed by atoms with Gasteiger partial charge in [0.25, 0.3) is 0 Å². The van der Waals surface area contributed by atoms with Crippen LogP contribution in [0, 0.1) is 23.2 Å². The zero-order valence-electron chi connectivity index (χ0n) is 21.4. The van der Waals surface area contributed by atoms with Crippen LogP contribution in [0.1, 0.15) is 80.1 Å². The molecule has 0 bridgehead atoms. The number of ether oxygens (including phenoxy) is 2. The lowest BCUT2D eigenvalue weighted by molar-refractivity contribution is -0.133. The van der Waals surface area contributed by atoms with E-state index < -0.39 is 23.8 Å². The van der Waals surface area contributed by atoms with E-state index in [4.69, 9.17) is 9.47 Å². The quantitative estimate of drug-likeness (QED) is 0.660. The largest absolute Gasteiger partial charge is 0.446 e. The van der Waals surface area contributed by atoms with Crippen molar-refractivity contribution in [3.05, 3.63) is 0 Å². The summed E-state index contributed by atoms with van der Waals surface area (Å²) in [5.41, 5.74) is -1.02. The highest BCUT2D eigenvalue weighted by Crippen LogP contribution is 2.47. The molecule has 190 valence electrons. The van der Waals surface area contributed by atoms with Crippen molar-refractivity contribution in [2.24, 2.45) is 11.8 Å². The van der Waals surface area contributed by atoms with Crippen LogP contribution >= 0.6 is 0 Å². The van der Waals surface area contributed by atoms with Gasteiger partial charge in [0.15, 0.2) is 0 Å². The van der Waals surface area contributed by atoms with Crippen molar-refractivity contribution < 1.29 is 23.9 Å². The Kier molecular flexibility index (Phi) is 7.69. The monoisotopic (exact) mass is 476 g/mol. The number of nitriles is 1. The van der Waals surface area contributed by atoms with E-state index in [1.54, 1.807) is 9.80 Å². The molecule has 3 rings (SSSR count). The average molecular weight is 477 g/mol. The van der Waals surface area contributed by atoms with Crippen LogP contribution in [-0.2, 0) is 14.3 Å². The van der Waals surface area contributed by atoms with Crippen LogP contribution in [-0.4, -0.2) is 70.3 Å². The lowest BCUT2D eigenvalue weighted by atomic mass is 10.0. The first-order chi connectivity index (χ1) is 15.8. The van der Waals surface area contributed by atoms with Crippen LogP contribution in [0.15, 0.2) is 0 Å². The summed E-state index contributed by atoms with van der Waals surface area (Å²) in [6.45, 7) is 11.6. The molecular formula is C25H40N4O5. The molecule has 2 aliphatic carbocycles. The molecule has 0 aromatic heterocycles. The van der Waals surface area contributed by atoms with Gasteiger partial charge in [-0.1, -0.05) is 0 Å². The van der Waals surface area contributed by atoms with E-state index in [0.29, 0.717) is 24.8 Å². The fourth-order valence-electron chi connectivity index (χ4n) is 5.47. The SMILES string of the molecule is CC(C)(C)NC(=O)OC1C[C@@H]2CC(N(CC(=O)N3CCC[C@H]3C#N)C(=O)OC(C)(C)C)C[C@@H]2C1. The van der Waals surface area contributed by atoms with Gasteiger partial charge in [0, 0.05) is 18.1 Å². The molecule has 1 heterocycles. The summed E-state index contributed by atoms with van der Waals surface area (Å²) in [7, 11) is 0. The van der Waals surface area contributed by atoms with Crippen LogP contribution < -0.4 is 5.32 Å². The van der Waals surface area contributed by atoms with Gasteiger partial charge < -0.3 is 19.7 Å². The number of carbonyl (C=O) groups excluding carboxylic acids is 3. The third-order valence-electron chi connectivity index (χ3n) is 6.79. The summed E-state index contributed by atoms with van der Waals surface area (Å²) in [4.78, 5) is 41.5. The Hall–Kier alpha value is -2.50. The maximum Gasteiger partial charge on any atom is 0.411 e. The first-order valence-corrected chi connectivity index (χ1v) is 12.4. The van der Waals surface area contributed by atoms with Gasteiger partial charge in [-0.15, -0.1) is 0 Å². The lowest BCUT2D eigenvalue weighted by Gasteiger charge is -2.33. The third kappa shape index (κ3) is 6.77. The Morgan fingerprint density at radius 3 is 2.21 bits per heavy atom. The number of likely N-dealkylation sites (tertiary alicyclic amines) is 1. The smallest absolute Gasteiger partial charge is 0.411 e. The van der Waals surface area contributed by atoms with Gasteiger partial charge in [-0.05, 0) is 91.9 Å². The number of fused-ring (bicyclic) bond motifs is 1. The van der Waals surface area contributed by atoms with Crippen molar-refractivity contribution >= 4 is 18.1 Å². The molecule has 1 aliphatic heterocycles. The second-order valence-corrected chi connectivity index (χ2v) is 12.0. The van der Waals surface area contributed by atoms with Crippen LogP contribution in [0.2, 0.25) is 0 Å². The highest BCUT2D eigenvalue weighted by atomic mass is 16.6. The van der Waals surface area contributed by atoms with Crippen molar-refractivity contribution in [3.8, 4) is 6.07 Å². The van der Waals surface area contributed by atoms with E-state index in [0.717, 1.165) is 32.1 Å². The first-order valence-electron chi connectivity index (χ1n) is 12.4. The van der Waals surface area contributed by atoms with Gasteiger partial charge in [0.05, 0.1) is 6.07 Å².